The highest BCUT2D eigenvalue weighted by molar-refractivity contribution is 6.28. The second kappa shape index (κ2) is 6.06. The van der Waals surface area contributed by atoms with E-state index in [1.54, 1.807) is 25.2 Å². The number of rotatable bonds is 4. The predicted octanol–water partition coefficient (Wildman–Crippen LogP) is 1.18. The molecule has 1 amide bonds. The second-order valence-electron chi connectivity index (χ2n) is 5.09. The van der Waals surface area contributed by atoms with Crippen LogP contribution in [0.25, 0.3) is 11.5 Å². The van der Waals surface area contributed by atoms with Crippen LogP contribution in [0.5, 0.6) is 11.5 Å². The molecule has 2 aromatic heterocycles. The molecule has 1 N–H and O–H groups in total. The van der Waals surface area contributed by atoms with Crippen LogP contribution in [-0.2, 0) is 13.6 Å². The van der Waals surface area contributed by atoms with Gasteiger partial charge in [-0.25, -0.2) is 4.68 Å². The normalized spacial score (nSPS) is 12.4. The number of hydrogen-bond donors (Lipinski definition) is 1. The molecule has 25 heavy (non-hydrogen) atoms. The summed E-state index contributed by atoms with van der Waals surface area (Å²) in [5.74, 6) is 1.37. The highest BCUT2D eigenvalue weighted by Gasteiger charge is 2.18. The Hall–Kier alpha value is -3.14. The van der Waals surface area contributed by atoms with Crippen LogP contribution in [0.3, 0.4) is 0 Å². The molecule has 10 nitrogen and oxygen atoms in total. The Morgan fingerprint density at radius 2 is 2.16 bits per heavy atom. The third-order valence-corrected chi connectivity index (χ3v) is 3.74. The maximum absolute atomic E-state index is 12.0. The van der Waals surface area contributed by atoms with Crippen molar-refractivity contribution in [2.75, 3.05) is 6.79 Å². The first-order valence-electron chi connectivity index (χ1n) is 7.17. The number of aromatic nitrogens is 5. The summed E-state index contributed by atoms with van der Waals surface area (Å²) in [6.45, 7) is 0.244. The van der Waals surface area contributed by atoms with E-state index in [1.165, 1.54) is 4.68 Å². The molecule has 0 bridgehead atoms. The summed E-state index contributed by atoms with van der Waals surface area (Å²) in [5, 5.41) is 10.4. The summed E-state index contributed by atoms with van der Waals surface area (Å²) in [4.78, 5) is 20.0. The smallest absolute Gasteiger partial charge is 0.291 e. The molecule has 0 saturated carbocycles. The van der Waals surface area contributed by atoms with Gasteiger partial charge in [0, 0.05) is 12.6 Å². The minimum absolute atomic E-state index is 0.0352. The molecule has 3 aromatic rings. The summed E-state index contributed by atoms with van der Waals surface area (Å²) in [7, 11) is 1.59. The zero-order valence-electron chi connectivity index (χ0n) is 12.9. The minimum atomic E-state index is -0.489. The highest BCUT2D eigenvalue weighted by Crippen LogP contribution is 2.35. The van der Waals surface area contributed by atoms with Gasteiger partial charge in [-0.05, 0) is 29.8 Å². The Morgan fingerprint density at radius 3 is 2.96 bits per heavy atom. The van der Waals surface area contributed by atoms with E-state index in [4.69, 9.17) is 25.6 Å². The van der Waals surface area contributed by atoms with Crippen molar-refractivity contribution in [3.05, 3.63) is 35.1 Å². The minimum Gasteiger partial charge on any atom is -0.454 e. The molecule has 0 fully saturated rings. The van der Waals surface area contributed by atoms with Gasteiger partial charge in [-0.2, -0.15) is 9.97 Å². The van der Waals surface area contributed by atoms with Crippen molar-refractivity contribution < 1.29 is 18.8 Å². The van der Waals surface area contributed by atoms with Gasteiger partial charge in [0.05, 0.1) is 6.54 Å². The maximum atomic E-state index is 12.0. The largest absolute Gasteiger partial charge is 0.454 e. The van der Waals surface area contributed by atoms with Gasteiger partial charge in [0.15, 0.2) is 17.3 Å². The van der Waals surface area contributed by atoms with Gasteiger partial charge >= 0.3 is 0 Å². The number of carbonyl (C=O) groups excluding carboxylic acids is 1. The quantitative estimate of drug-likeness (QED) is 0.735. The molecule has 128 valence electrons. The first kappa shape index (κ1) is 15.4. The van der Waals surface area contributed by atoms with Crippen molar-refractivity contribution in [3.63, 3.8) is 0 Å². The number of halogens is 1. The number of aryl methyl sites for hydroxylation is 1. The van der Waals surface area contributed by atoms with Crippen LogP contribution in [-0.4, -0.2) is 37.6 Å². The van der Waals surface area contributed by atoms with Crippen LogP contribution >= 0.6 is 11.6 Å². The van der Waals surface area contributed by atoms with E-state index >= 15 is 0 Å². The number of fused-ring (bicyclic) bond motifs is 1. The molecule has 0 spiro atoms. The van der Waals surface area contributed by atoms with E-state index in [1.807, 2.05) is 0 Å². The van der Waals surface area contributed by atoms with Gasteiger partial charge in [0.25, 0.3) is 11.8 Å². The molecule has 0 radical (unpaired) electrons. The van der Waals surface area contributed by atoms with Gasteiger partial charge in [0.1, 0.15) is 0 Å². The van der Waals surface area contributed by atoms with Gasteiger partial charge in [0.2, 0.25) is 17.9 Å². The summed E-state index contributed by atoms with van der Waals surface area (Å²) in [6, 6.07) is 5.29. The van der Waals surface area contributed by atoms with Crippen LogP contribution in [0.4, 0.5) is 0 Å². The van der Waals surface area contributed by atoms with E-state index in [-0.39, 0.29) is 24.4 Å². The Kier molecular flexibility index (Phi) is 3.73. The Balaban J connectivity index is 1.44. The summed E-state index contributed by atoms with van der Waals surface area (Å²) >= 11 is 5.75. The molecular formula is C14H11ClN6O4. The van der Waals surface area contributed by atoms with Crippen molar-refractivity contribution in [3.8, 4) is 23.0 Å². The topological polar surface area (TPSA) is 117 Å². The zero-order chi connectivity index (χ0) is 17.4. The van der Waals surface area contributed by atoms with E-state index in [9.17, 15) is 4.79 Å². The molecule has 4 rings (SSSR count). The van der Waals surface area contributed by atoms with E-state index in [0.29, 0.717) is 28.8 Å². The van der Waals surface area contributed by atoms with E-state index in [0.717, 1.165) is 0 Å². The maximum Gasteiger partial charge on any atom is 0.291 e. The lowest BCUT2D eigenvalue weighted by atomic mass is 10.2. The predicted molar refractivity (Wildman–Crippen MR) is 83.0 cm³/mol. The van der Waals surface area contributed by atoms with E-state index < -0.39 is 5.91 Å². The molecule has 0 saturated heterocycles. The van der Waals surface area contributed by atoms with Crippen molar-refractivity contribution in [1.82, 2.24) is 30.2 Å². The number of ether oxygens (including phenoxy) is 2. The molecule has 0 atom stereocenters. The first-order valence-corrected chi connectivity index (χ1v) is 7.55. The molecule has 0 aliphatic carbocycles. The number of amides is 1. The fraction of sp³-hybridized carbons (Fsp3) is 0.214. The number of benzene rings is 1. The van der Waals surface area contributed by atoms with Crippen LogP contribution in [0.2, 0.25) is 5.28 Å². The number of nitrogens with zero attached hydrogens (tertiary/aromatic N) is 5. The van der Waals surface area contributed by atoms with Crippen molar-refractivity contribution in [2.45, 2.75) is 6.54 Å². The SMILES string of the molecule is Cn1nc(C(=O)NCc2noc(-c3ccc4c(c3)OCO4)n2)nc1Cl. The Bertz CT molecular complexity index is 933. The highest BCUT2D eigenvalue weighted by atomic mass is 35.5. The lowest BCUT2D eigenvalue weighted by molar-refractivity contribution is 0.0939. The monoisotopic (exact) mass is 362 g/mol. The van der Waals surface area contributed by atoms with Gasteiger partial charge in [-0.1, -0.05) is 5.16 Å². The summed E-state index contributed by atoms with van der Waals surface area (Å²) < 4.78 is 17.1. The third kappa shape index (κ3) is 2.98. The summed E-state index contributed by atoms with van der Waals surface area (Å²) in [6.07, 6.45) is 0. The molecule has 1 aliphatic heterocycles. The number of nitrogens with one attached hydrogen (secondary N) is 1. The third-order valence-electron chi connectivity index (χ3n) is 3.41. The van der Waals surface area contributed by atoms with Crippen LogP contribution in [0.1, 0.15) is 16.4 Å². The molecule has 3 heterocycles. The van der Waals surface area contributed by atoms with Crippen LogP contribution in [0, 0.1) is 0 Å². The Labute approximate surface area is 145 Å². The number of carbonyl (C=O) groups is 1. The lowest BCUT2D eigenvalue weighted by Gasteiger charge is -1.98. The zero-order valence-corrected chi connectivity index (χ0v) is 13.6. The fourth-order valence-corrected chi connectivity index (χ4v) is 2.29. The molecule has 0 unspecified atom stereocenters. The fourth-order valence-electron chi connectivity index (χ4n) is 2.17. The standard InChI is InChI=1S/C14H11ClN6O4/c1-21-14(15)18-11(19-21)12(22)16-5-10-17-13(25-20-10)7-2-3-8-9(4-7)24-6-23-8/h2-4H,5-6H2,1H3,(H,16,22). The molecule has 1 aromatic carbocycles. The lowest BCUT2D eigenvalue weighted by Crippen LogP contribution is -2.24. The van der Waals surface area contributed by atoms with Gasteiger partial charge in [-0.3, -0.25) is 4.79 Å². The van der Waals surface area contributed by atoms with E-state index in [2.05, 4.69) is 25.5 Å². The first-order chi connectivity index (χ1) is 12.1. The average molecular weight is 363 g/mol. The van der Waals surface area contributed by atoms with Crippen molar-refractivity contribution >= 4 is 17.5 Å². The van der Waals surface area contributed by atoms with Crippen molar-refractivity contribution in [2.24, 2.45) is 7.05 Å². The molecule has 1 aliphatic rings. The van der Waals surface area contributed by atoms with Crippen LogP contribution in [0.15, 0.2) is 22.7 Å². The molecule has 11 heteroatoms. The second-order valence-corrected chi connectivity index (χ2v) is 5.43. The molecular weight excluding hydrogens is 352 g/mol. The average Bonchev–Trinajstić information content (AvgIpc) is 3.32. The summed E-state index contributed by atoms with van der Waals surface area (Å²) in [5.41, 5.74) is 0.688. The van der Waals surface area contributed by atoms with Gasteiger partial charge < -0.3 is 19.3 Å². The van der Waals surface area contributed by atoms with Crippen LogP contribution < -0.4 is 14.8 Å². The Morgan fingerprint density at radius 1 is 1.32 bits per heavy atom. The van der Waals surface area contributed by atoms with Crippen molar-refractivity contribution in [1.29, 1.82) is 0 Å². The number of hydrogen-bond acceptors (Lipinski definition) is 8. The van der Waals surface area contributed by atoms with Gasteiger partial charge in [-0.15, -0.1) is 5.10 Å².